The summed E-state index contributed by atoms with van der Waals surface area (Å²) in [5, 5.41) is 18.2. The Morgan fingerprint density at radius 3 is 2.67 bits per heavy atom. The SMILES string of the molecule is CC1CCC(C(O)C(C)C#N)O1. The lowest BCUT2D eigenvalue weighted by Crippen LogP contribution is -2.31. The van der Waals surface area contributed by atoms with E-state index < -0.39 is 6.10 Å². The molecule has 0 aromatic carbocycles. The molecule has 0 aliphatic carbocycles. The van der Waals surface area contributed by atoms with Crippen molar-refractivity contribution in [2.45, 2.75) is 45.0 Å². The van der Waals surface area contributed by atoms with E-state index in [9.17, 15) is 5.11 Å². The molecule has 0 saturated carbocycles. The van der Waals surface area contributed by atoms with Crippen molar-refractivity contribution < 1.29 is 9.84 Å². The van der Waals surface area contributed by atoms with Gasteiger partial charge < -0.3 is 9.84 Å². The molecule has 1 rings (SSSR count). The van der Waals surface area contributed by atoms with Crippen molar-refractivity contribution in [3.8, 4) is 6.07 Å². The normalized spacial score (nSPS) is 34.2. The lowest BCUT2D eigenvalue weighted by molar-refractivity contribution is -0.0411. The number of rotatable bonds is 2. The molecule has 0 aromatic heterocycles. The molecule has 12 heavy (non-hydrogen) atoms. The van der Waals surface area contributed by atoms with Gasteiger partial charge in [0.2, 0.25) is 0 Å². The number of hydrogen-bond acceptors (Lipinski definition) is 3. The van der Waals surface area contributed by atoms with Gasteiger partial charge in [-0.3, -0.25) is 0 Å². The maximum atomic E-state index is 9.59. The van der Waals surface area contributed by atoms with Gasteiger partial charge in [-0.15, -0.1) is 0 Å². The zero-order chi connectivity index (χ0) is 9.14. The zero-order valence-corrected chi connectivity index (χ0v) is 7.53. The quantitative estimate of drug-likeness (QED) is 0.672. The Hall–Kier alpha value is -0.590. The highest BCUT2D eigenvalue weighted by Gasteiger charge is 2.31. The summed E-state index contributed by atoms with van der Waals surface area (Å²) in [5.74, 6) is -0.333. The highest BCUT2D eigenvalue weighted by atomic mass is 16.5. The van der Waals surface area contributed by atoms with Gasteiger partial charge in [0, 0.05) is 0 Å². The van der Waals surface area contributed by atoms with Crippen LogP contribution in [-0.4, -0.2) is 23.4 Å². The lowest BCUT2D eigenvalue weighted by atomic mass is 9.99. The molecule has 0 amide bonds. The van der Waals surface area contributed by atoms with E-state index in [0.717, 1.165) is 12.8 Å². The molecule has 1 aliphatic rings. The number of nitriles is 1. The van der Waals surface area contributed by atoms with Crippen molar-refractivity contribution in [2.24, 2.45) is 5.92 Å². The van der Waals surface area contributed by atoms with Gasteiger partial charge in [-0.1, -0.05) is 0 Å². The molecule has 0 bridgehead atoms. The average molecular weight is 169 g/mol. The first-order chi connectivity index (χ1) is 5.65. The molecule has 68 valence electrons. The molecule has 1 saturated heterocycles. The summed E-state index contributed by atoms with van der Waals surface area (Å²) in [5.41, 5.74) is 0. The van der Waals surface area contributed by atoms with E-state index in [0.29, 0.717) is 0 Å². The van der Waals surface area contributed by atoms with Gasteiger partial charge in [-0.2, -0.15) is 5.26 Å². The first-order valence-electron chi connectivity index (χ1n) is 4.38. The topological polar surface area (TPSA) is 53.2 Å². The van der Waals surface area contributed by atoms with Crippen molar-refractivity contribution in [2.75, 3.05) is 0 Å². The second kappa shape index (κ2) is 3.88. The summed E-state index contributed by atoms with van der Waals surface area (Å²) in [7, 11) is 0. The van der Waals surface area contributed by atoms with E-state index in [-0.39, 0.29) is 18.1 Å². The maximum Gasteiger partial charge on any atom is 0.0956 e. The van der Waals surface area contributed by atoms with Crippen LogP contribution in [-0.2, 0) is 4.74 Å². The van der Waals surface area contributed by atoms with E-state index in [1.807, 2.05) is 13.0 Å². The molecule has 0 radical (unpaired) electrons. The van der Waals surface area contributed by atoms with E-state index in [1.165, 1.54) is 0 Å². The third kappa shape index (κ3) is 1.96. The van der Waals surface area contributed by atoms with E-state index in [4.69, 9.17) is 10.00 Å². The van der Waals surface area contributed by atoms with Crippen LogP contribution < -0.4 is 0 Å². The Kier molecular flexibility index (Phi) is 3.07. The van der Waals surface area contributed by atoms with Crippen LogP contribution in [0.15, 0.2) is 0 Å². The minimum atomic E-state index is -0.625. The highest BCUT2D eigenvalue weighted by molar-refractivity contribution is 4.90. The second-order valence-electron chi connectivity index (χ2n) is 3.47. The van der Waals surface area contributed by atoms with E-state index in [1.54, 1.807) is 6.92 Å². The second-order valence-corrected chi connectivity index (χ2v) is 3.47. The monoisotopic (exact) mass is 169 g/mol. The average Bonchev–Trinajstić information content (AvgIpc) is 2.49. The largest absolute Gasteiger partial charge is 0.389 e. The molecule has 0 aromatic rings. The summed E-state index contributed by atoms with van der Waals surface area (Å²) in [6, 6.07) is 2.03. The summed E-state index contributed by atoms with van der Waals surface area (Å²) in [6.45, 7) is 3.71. The summed E-state index contributed by atoms with van der Waals surface area (Å²) in [4.78, 5) is 0. The molecule has 4 unspecified atom stereocenters. The predicted octanol–water partition coefficient (Wildman–Crippen LogP) is 1.07. The molecule has 0 spiro atoms. The molecule has 1 fully saturated rings. The van der Waals surface area contributed by atoms with Crippen molar-refractivity contribution in [3.63, 3.8) is 0 Å². The van der Waals surface area contributed by atoms with Crippen LogP contribution in [0.5, 0.6) is 0 Å². The van der Waals surface area contributed by atoms with Gasteiger partial charge in [0.05, 0.1) is 30.3 Å². The molecular formula is C9H15NO2. The van der Waals surface area contributed by atoms with Crippen LogP contribution in [0.1, 0.15) is 26.7 Å². The Labute approximate surface area is 73.0 Å². The first-order valence-corrected chi connectivity index (χ1v) is 4.38. The van der Waals surface area contributed by atoms with Crippen LogP contribution in [0.4, 0.5) is 0 Å². The summed E-state index contributed by atoms with van der Waals surface area (Å²) < 4.78 is 5.44. The van der Waals surface area contributed by atoms with Crippen LogP contribution in [0.3, 0.4) is 0 Å². The minimum Gasteiger partial charge on any atom is -0.389 e. The third-order valence-electron chi connectivity index (χ3n) is 2.36. The number of nitrogens with zero attached hydrogens (tertiary/aromatic N) is 1. The van der Waals surface area contributed by atoms with Crippen molar-refractivity contribution in [1.82, 2.24) is 0 Å². The van der Waals surface area contributed by atoms with Gasteiger partial charge >= 0.3 is 0 Å². The van der Waals surface area contributed by atoms with Gasteiger partial charge in [0.15, 0.2) is 0 Å². The Balaban J connectivity index is 2.44. The van der Waals surface area contributed by atoms with Gasteiger partial charge in [0.1, 0.15) is 0 Å². The van der Waals surface area contributed by atoms with Crippen molar-refractivity contribution in [3.05, 3.63) is 0 Å². The minimum absolute atomic E-state index is 0.130. The van der Waals surface area contributed by atoms with Crippen molar-refractivity contribution >= 4 is 0 Å². The standard InChI is InChI=1S/C9H15NO2/c1-6(5-10)9(11)8-4-3-7(2)12-8/h6-9,11H,3-4H2,1-2H3. The fourth-order valence-electron chi connectivity index (χ4n) is 1.48. The molecule has 1 N–H and O–H groups in total. The van der Waals surface area contributed by atoms with Crippen LogP contribution >= 0.6 is 0 Å². The van der Waals surface area contributed by atoms with Gasteiger partial charge in [0.25, 0.3) is 0 Å². The molecule has 3 nitrogen and oxygen atoms in total. The number of hydrogen-bond donors (Lipinski definition) is 1. The number of aliphatic hydroxyl groups excluding tert-OH is 1. The van der Waals surface area contributed by atoms with Crippen molar-refractivity contribution in [1.29, 1.82) is 5.26 Å². The number of ether oxygens (including phenoxy) is 1. The predicted molar refractivity (Wildman–Crippen MR) is 44.4 cm³/mol. The molecule has 3 heteroatoms. The third-order valence-corrected chi connectivity index (χ3v) is 2.36. The molecule has 4 atom stereocenters. The molecule has 1 heterocycles. The maximum absolute atomic E-state index is 9.59. The lowest BCUT2D eigenvalue weighted by Gasteiger charge is -2.19. The van der Waals surface area contributed by atoms with Gasteiger partial charge in [-0.25, -0.2) is 0 Å². The summed E-state index contributed by atoms with van der Waals surface area (Å²) >= 11 is 0. The zero-order valence-electron chi connectivity index (χ0n) is 7.53. The van der Waals surface area contributed by atoms with E-state index in [2.05, 4.69) is 0 Å². The fraction of sp³-hybridized carbons (Fsp3) is 0.889. The highest BCUT2D eigenvalue weighted by Crippen LogP contribution is 2.24. The Bertz CT molecular complexity index is 187. The Morgan fingerprint density at radius 1 is 1.58 bits per heavy atom. The number of aliphatic hydroxyl groups is 1. The fourth-order valence-corrected chi connectivity index (χ4v) is 1.48. The van der Waals surface area contributed by atoms with Crippen LogP contribution in [0, 0.1) is 17.2 Å². The van der Waals surface area contributed by atoms with E-state index >= 15 is 0 Å². The van der Waals surface area contributed by atoms with Crippen LogP contribution in [0.25, 0.3) is 0 Å². The smallest absolute Gasteiger partial charge is 0.0956 e. The van der Waals surface area contributed by atoms with Gasteiger partial charge in [-0.05, 0) is 26.7 Å². The molecular weight excluding hydrogens is 154 g/mol. The van der Waals surface area contributed by atoms with Crippen LogP contribution in [0.2, 0.25) is 0 Å². The molecule has 1 aliphatic heterocycles. The summed E-state index contributed by atoms with van der Waals surface area (Å²) in [6.07, 6.45) is 1.33. The first kappa shape index (κ1) is 9.50. The Morgan fingerprint density at radius 2 is 2.25 bits per heavy atom.